The lowest BCUT2D eigenvalue weighted by molar-refractivity contribution is -0.143. The van der Waals surface area contributed by atoms with Crippen LogP contribution in [-0.4, -0.2) is 26.9 Å². The van der Waals surface area contributed by atoms with Crippen LogP contribution in [0.4, 0.5) is 0 Å². The van der Waals surface area contributed by atoms with Gasteiger partial charge in [0.25, 0.3) is 0 Å². The lowest BCUT2D eigenvalue weighted by atomic mass is 9.90. The fourth-order valence-corrected chi connectivity index (χ4v) is 7.46. The molecule has 0 aliphatic heterocycles. The van der Waals surface area contributed by atoms with E-state index in [1.807, 2.05) is 81.1 Å². The second-order valence-electron chi connectivity index (χ2n) is 12.1. The molecule has 0 bridgehead atoms. The van der Waals surface area contributed by atoms with Crippen LogP contribution in [0.15, 0.2) is 78.9 Å². The van der Waals surface area contributed by atoms with Gasteiger partial charge in [0.05, 0.1) is 22.7 Å². The number of carboxylic acids is 1. The number of fused-ring (bicyclic) bond motifs is 1. The molecule has 1 aromatic heterocycles. The molecule has 6 heteroatoms. The Morgan fingerprint density at radius 1 is 1.05 bits per heavy atom. The Bertz CT molecular complexity index is 1610. The van der Waals surface area contributed by atoms with Crippen molar-refractivity contribution in [3.63, 3.8) is 0 Å². The van der Waals surface area contributed by atoms with Gasteiger partial charge in [-0.05, 0) is 91.5 Å². The maximum atomic E-state index is 11.8. The number of carboxylic acid groups (broad SMARTS) is 1. The van der Waals surface area contributed by atoms with Gasteiger partial charge in [-0.25, -0.2) is 4.98 Å². The van der Waals surface area contributed by atoms with E-state index in [-0.39, 0.29) is 16.6 Å². The van der Waals surface area contributed by atoms with Crippen molar-refractivity contribution in [2.24, 2.45) is 11.3 Å². The number of aliphatic carboxylic acids is 1. The first-order chi connectivity index (χ1) is 20.0. The molecule has 2 atom stereocenters. The number of halogens is 1. The average Bonchev–Trinajstić information content (AvgIpc) is 3.76. The first kappa shape index (κ1) is 30.3. The third-order valence-electron chi connectivity index (χ3n) is 8.51. The molecule has 0 spiro atoms. The Hall–Kier alpha value is -3.12. The van der Waals surface area contributed by atoms with Gasteiger partial charge in [-0.1, -0.05) is 85.3 Å². The predicted octanol–water partition coefficient (Wildman–Crippen LogP) is 9.19. The second-order valence-corrected chi connectivity index (χ2v) is 13.7. The van der Waals surface area contributed by atoms with Crippen molar-refractivity contribution in [1.29, 1.82) is 0 Å². The van der Waals surface area contributed by atoms with E-state index in [1.54, 1.807) is 0 Å². The summed E-state index contributed by atoms with van der Waals surface area (Å²) in [5.74, 6) is -0.234. The van der Waals surface area contributed by atoms with Crippen molar-refractivity contribution in [3.05, 3.63) is 112 Å². The maximum Gasteiger partial charge on any atom is 0.306 e. The van der Waals surface area contributed by atoms with Crippen LogP contribution in [0.3, 0.4) is 0 Å². The second kappa shape index (κ2) is 12.6. The van der Waals surface area contributed by atoms with Crippen molar-refractivity contribution in [1.82, 2.24) is 4.98 Å². The van der Waals surface area contributed by atoms with Gasteiger partial charge in [0.2, 0.25) is 0 Å². The number of rotatable bonds is 12. The molecule has 4 nitrogen and oxygen atoms in total. The van der Waals surface area contributed by atoms with Gasteiger partial charge < -0.3 is 10.2 Å². The topological polar surface area (TPSA) is 70.4 Å². The van der Waals surface area contributed by atoms with E-state index in [9.17, 15) is 15.0 Å². The van der Waals surface area contributed by atoms with E-state index in [0.29, 0.717) is 5.02 Å². The Morgan fingerprint density at radius 2 is 1.81 bits per heavy atom. The molecule has 4 aromatic rings. The molecule has 0 amide bonds. The van der Waals surface area contributed by atoms with Gasteiger partial charge in [0, 0.05) is 21.4 Å². The standard InChI is InChI=1S/C36H38ClNO3S/c1-24(34(39)40)36(19-20-36)23-42-33(18-14-26-8-4-5-10-31(26)35(2,3)41)28-9-6-7-25(21-28)11-16-30-17-13-27-12-15-29(37)22-32(27)38-30/h4-13,15-17,21-22,24,33,41H,14,18-20,23H2,1-3H3,(H,39,40)/t24-,33?/m0/s1. The molecule has 2 N–H and O–H groups in total. The van der Waals surface area contributed by atoms with Crippen LogP contribution in [0.5, 0.6) is 0 Å². The molecule has 1 saturated carbocycles. The summed E-state index contributed by atoms with van der Waals surface area (Å²) in [6, 6.07) is 26.5. The molecule has 1 aliphatic rings. The fraction of sp³-hybridized carbons (Fsp3) is 0.333. The summed E-state index contributed by atoms with van der Waals surface area (Å²) in [4.78, 5) is 16.6. The molecule has 1 heterocycles. The highest BCUT2D eigenvalue weighted by molar-refractivity contribution is 7.99. The monoisotopic (exact) mass is 599 g/mol. The number of hydrogen-bond donors (Lipinski definition) is 2. The van der Waals surface area contributed by atoms with E-state index >= 15 is 0 Å². The molecule has 0 radical (unpaired) electrons. The highest BCUT2D eigenvalue weighted by atomic mass is 35.5. The Kier molecular flexibility index (Phi) is 9.12. The van der Waals surface area contributed by atoms with Crippen LogP contribution in [0.2, 0.25) is 5.02 Å². The number of pyridine rings is 1. The molecule has 1 fully saturated rings. The molecule has 3 aromatic carbocycles. The highest BCUT2D eigenvalue weighted by Crippen LogP contribution is 2.56. The SMILES string of the molecule is C[C@@H](C(=O)O)C1(CSC(CCc2ccccc2C(C)(C)O)c2cccc(C=Cc3ccc4ccc(Cl)cc4n3)c2)CC1. The van der Waals surface area contributed by atoms with Gasteiger partial charge >= 0.3 is 5.97 Å². The van der Waals surface area contributed by atoms with E-state index in [4.69, 9.17) is 16.6 Å². The van der Waals surface area contributed by atoms with Crippen molar-refractivity contribution >= 4 is 52.4 Å². The van der Waals surface area contributed by atoms with Crippen LogP contribution >= 0.6 is 23.4 Å². The van der Waals surface area contributed by atoms with Crippen molar-refractivity contribution in [2.75, 3.05) is 5.75 Å². The van der Waals surface area contributed by atoms with Crippen molar-refractivity contribution in [2.45, 2.75) is 57.3 Å². The van der Waals surface area contributed by atoms with Crippen LogP contribution in [-0.2, 0) is 16.8 Å². The maximum absolute atomic E-state index is 11.8. The van der Waals surface area contributed by atoms with Gasteiger partial charge in [-0.3, -0.25) is 4.79 Å². The molecular weight excluding hydrogens is 562 g/mol. The lowest BCUT2D eigenvalue weighted by Gasteiger charge is -2.25. The minimum atomic E-state index is -0.916. The van der Waals surface area contributed by atoms with Gasteiger partial charge in [-0.2, -0.15) is 11.8 Å². The number of thioether (sulfide) groups is 1. The first-order valence-corrected chi connectivity index (χ1v) is 16.0. The Balaban J connectivity index is 1.38. The zero-order valence-corrected chi connectivity index (χ0v) is 26.0. The zero-order chi connectivity index (χ0) is 29.9. The average molecular weight is 600 g/mol. The van der Waals surface area contributed by atoms with E-state index < -0.39 is 11.6 Å². The Labute approximate surface area is 257 Å². The summed E-state index contributed by atoms with van der Waals surface area (Å²) in [5.41, 5.74) is 5.10. The lowest BCUT2D eigenvalue weighted by Crippen LogP contribution is -2.24. The van der Waals surface area contributed by atoms with Crippen LogP contribution in [0.1, 0.15) is 73.2 Å². The minimum Gasteiger partial charge on any atom is -0.481 e. The number of aliphatic hydroxyl groups is 1. The molecule has 0 saturated heterocycles. The molecule has 5 rings (SSSR count). The number of hydrogen-bond acceptors (Lipinski definition) is 4. The Morgan fingerprint density at radius 3 is 2.55 bits per heavy atom. The molecular formula is C36H38ClNO3S. The van der Waals surface area contributed by atoms with Gasteiger partial charge in [0.1, 0.15) is 0 Å². The third kappa shape index (κ3) is 7.26. The number of aryl methyl sites for hydroxylation is 1. The van der Waals surface area contributed by atoms with E-state index in [2.05, 4.69) is 42.5 Å². The van der Waals surface area contributed by atoms with Crippen molar-refractivity contribution < 1.29 is 15.0 Å². The third-order valence-corrected chi connectivity index (χ3v) is 10.4. The molecule has 1 aliphatic carbocycles. The molecule has 218 valence electrons. The summed E-state index contributed by atoms with van der Waals surface area (Å²) < 4.78 is 0. The summed E-state index contributed by atoms with van der Waals surface area (Å²) in [6.45, 7) is 5.51. The summed E-state index contributed by atoms with van der Waals surface area (Å²) >= 11 is 8.05. The van der Waals surface area contributed by atoms with Crippen LogP contribution < -0.4 is 0 Å². The van der Waals surface area contributed by atoms with E-state index in [1.165, 1.54) is 5.56 Å². The zero-order valence-electron chi connectivity index (χ0n) is 24.4. The van der Waals surface area contributed by atoms with Gasteiger partial charge in [0.15, 0.2) is 0 Å². The fourth-order valence-electron chi connectivity index (χ4n) is 5.60. The number of nitrogens with zero attached hydrogens (tertiary/aromatic N) is 1. The minimum absolute atomic E-state index is 0.123. The quantitative estimate of drug-likeness (QED) is 0.170. The van der Waals surface area contributed by atoms with E-state index in [0.717, 1.165) is 64.7 Å². The molecule has 1 unspecified atom stereocenters. The number of benzene rings is 3. The summed E-state index contributed by atoms with van der Waals surface area (Å²) in [6.07, 6.45) is 7.75. The summed E-state index contributed by atoms with van der Waals surface area (Å²) in [7, 11) is 0. The van der Waals surface area contributed by atoms with Crippen LogP contribution in [0, 0.1) is 11.3 Å². The van der Waals surface area contributed by atoms with Crippen molar-refractivity contribution in [3.8, 4) is 0 Å². The normalized spacial score (nSPS) is 16.0. The smallest absolute Gasteiger partial charge is 0.306 e. The number of aromatic nitrogens is 1. The highest BCUT2D eigenvalue weighted by Gasteiger charge is 2.50. The summed E-state index contributed by atoms with van der Waals surface area (Å²) in [5, 5.41) is 22.4. The molecule has 42 heavy (non-hydrogen) atoms. The largest absolute Gasteiger partial charge is 0.481 e. The predicted molar refractivity (Wildman–Crippen MR) is 176 cm³/mol. The van der Waals surface area contributed by atoms with Crippen LogP contribution in [0.25, 0.3) is 23.1 Å². The number of carbonyl (C=O) groups is 1. The first-order valence-electron chi connectivity index (χ1n) is 14.5. The van der Waals surface area contributed by atoms with Gasteiger partial charge in [-0.15, -0.1) is 0 Å².